The summed E-state index contributed by atoms with van der Waals surface area (Å²) in [4.78, 5) is 41.8. The molecular weight excluding hydrogens is 536 g/mol. The Morgan fingerprint density at radius 1 is 1.00 bits per heavy atom. The minimum Gasteiger partial charge on any atom is -0.467 e. The van der Waals surface area contributed by atoms with Gasteiger partial charge in [0.1, 0.15) is 17.7 Å². The van der Waals surface area contributed by atoms with Crippen LogP contribution in [0.25, 0.3) is 11.1 Å². The molecule has 41 heavy (non-hydrogen) atoms. The Morgan fingerprint density at radius 3 is 2.15 bits per heavy atom. The smallest absolute Gasteiger partial charge is 0.408 e. The van der Waals surface area contributed by atoms with E-state index in [2.05, 4.69) is 48.6 Å². The zero-order chi connectivity index (χ0) is 30.4. The average Bonchev–Trinajstić information content (AvgIpc) is 3.31. The van der Waals surface area contributed by atoms with Crippen molar-refractivity contribution >= 4 is 29.7 Å². The van der Waals surface area contributed by atoms with Gasteiger partial charge in [0.05, 0.1) is 11.9 Å². The molecule has 0 unspecified atom stereocenters. The number of rotatable bonds is 9. The lowest BCUT2D eigenvalue weighted by Crippen LogP contribution is -2.57. The van der Waals surface area contributed by atoms with Gasteiger partial charge < -0.3 is 19.7 Å². The number of carbonyl (C=O) groups excluding carboxylic acids is 3. The number of hydrogen-bond donors (Lipinski definition) is 1. The molecule has 1 N–H and O–H groups in total. The van der Waals surface area contributed by atoms with Crippen molar-refractivity contribution in [2.24, 2.45) is 5.41 Å². The number of nitrogens with one attached hydrogen (secondary N) is 1. The molecule has 3 rings (SSSR count). The highest BCUT2D eigenvalue weighted by Gasteiger charge is 2.52. The van der Waals surface area contributed by atoms with E-state index in [-0.39, 0.29) is 5.91 Å². The molecule has 1 aliphatic rings. The first kappa shape index (κ1) is 32.5. The number of amides is 2. The first-order valence-corrected chi connectivity index (χ1v) is 15.4. The van der Waals surface area contributed by atoms with Gasteiger partial charge in [-0.05, 0) is 61.5 Å². The van der Waals surface area contributed by atoms with Crippen LogP contribution in [0.15, 0.2) is 54.6 Å². The third-order valence-corrected chi connectivity index (χ3v) is 8.83. The second-order valence-electron chi connectivity index (χ2n) is 12.8. The molecule has 2 aromatic rings. The van der Waals surface area contributed by atoms with E-state index >= 15 is 0 Å². The van der Waals surface area contributed by atoms with Crippen LogP contribution in [0.1, 0.15) is 73.3 Å². The standard InChI is InChI=1S/C33H46N2O5S/c1-9-10-20-41-33(25-18-16-24(17-19-25)23-14-12-11-13-15-23)21-26(29(37)39-8)35(22-33)28(36)27(31(2,3)4)34-30(38)40-32(5,6)7/h11-19,26-27H,9-10,20-22H2,1-8H3,(H,34,38)/t26-,27+,33-/m0/s1. The number of carbonyl (C=O) groups is 3. The monoisotopic (exact) mass is 582 g/mol. The zero-order valence-electron chi connectivity index (χ0n) is 25.8. The molecule has 8 heteroatoms. The third kappa shape index (κ3) is 8.28. The third-order valence-electron chi connectivity index (χ3n) is 7.25. The Bertz CT molecular complexity index is 1190. The number of benzene rings is 2. The van der Waals surface area contributed by atoms with Gasteiger partial charge in [-0.15, -0.1) is 11.8 Å². The summed E-state index contributed by atoms with van der Waals surface area (Å²) >= 11 is 1.79. The summed E-state index contributed by atoms with van der Waals surface area (Å²) in [5.41, 5.74) is 1.95. The Morgan fingerprint density at radius 2 is 1.61 bits per heavy atom. The van der Waals surface area contributed by atoms with Crippen LogP contribution in [0.5, 0.6) is 0 Å². The van der Waals surface area contributed by atoms with E-state index in [4.69, 9.17) is 9.47 Å². The lowest BCUT2D eigenvalue weighted by atomic mass is 9.85. The Labute approximate surface area is 249 Å². The molecule has 0 aromatic heterocycles. The van der Waals surface area contributed by atoms with Crippen molar-refractivity contribution in [3.63, 3.8) is 0 Å². The Balaban J connectivity index is 2.00. The topological polar surface area (TPSA) is 84.9 Å². The molecular formula is C33H46N2O5S. The summed E-state index contributed by atoms with van der Waals surface area (Å²) in [5.74, 6) is 0.117. The first-order chi connectivity index (χ1) is 19.2. The van der Waals surface area contributed by atoms with Crippen LogP contribution in [0, 0.1) is 5.41 Å². The minimum atomic E-state index is -0.901. The summed E-state index contributed by atoms with van der Waals surface area (Å²) in [6.07, 6.45) is 1.83. The van der Waals surface area contributed by atoms with Crippen molar-refractivity contribution in [1.82, 2.24) is 10.2 Å². The van der Waals surface area contributed by atoms with Crippen LogP contribution in [0.3, 0.4) is 0 Å². The summed E-state index contributed by atoms with van der Waals surface area (Å²) < 4.78 is 10.2. The van der Waals surface area contributed by atoms with Crippen molar-refractivity contribution in [2.45, 2.75) is 90.2 Å². The fourth-order valence-electron chi connectivity index (χ4n) is 5.10. The molecule has 1 aliphatic heterocycles. The summed E-state index contributed by atoms with van der Waals surface area (Å²) in [5, 5.41) is 2.80. The number of esters is 1. The number of methoxy groups -OCH3 is 1. The normalized spacial score (nSPS) is 19.9. The number of hydrogen-bond acceptors (Lipinski definition) is 6. The van der Waals surface area contributed by atoms with Crippen LogP contribution in [0.4, 0.5) is 4.79 Å². The second-order valence-corrected chi connectivity index (χ2v) is 14.3. The molecule has 1 fully saturated rings. The zero-order valence-corrected chi connectivity index (χ0v) is 26.6. The highest BCUT2D eigenvalue weighted by molar-refractivity contribution is 8.00. The quantitative estimate of drug-likeness (QED) is 0.259. The maximum Gasteiger partial charge on any atom is 0.408 e. The van der Waals surface area contributed by atoms with Crippen molar-refractivity contribution in [2.75, 3.05) is 19.4 Å². The largest absolute Gasteiger partial charge is 0.467 e. The van der Waals surface area contributed by atoms with Crippen molar-refractivity contribution in [1.29, 1.82) is 0 Å². The fraction of sp³-hybridized carbons (Fsp3) is 0.545. The molecule has 1 heterocycles. The van der Waals surface area contributed by atoms with Gasteiger partial charge in [0.25, 0.3) is 0 Å². The van der Waals surface area contributed by atoms with Gasteiger partial charge in [-0.25, -0.2) is 9.59 Å². The first-order valence-electron chi connectivity index (χ1n) is 14.4. The number of nitrogens with zero attached hydrogens (tertiary/aromatic N) is 1. The maximum absolute atomic E-state index is 14.3. The van der Waals surface area contributed by atoms with Crippen molar-refractivity contribution in [3.8, 4) is 11.1 Å². The molecule has 0 radical (unpaired) electrons. The van der Waals surface area contributed by atoms with Crippen LogP contribution in [-0.2, 0) is 23.8 Å². The highest BCUT2D eigenvalue weighted by Crippen LogP contribution is 2.48. The highest BCUT2D eigenvalue weighted by atomic mass is 32.2. The fourth-order valence-corrected chi connectivity index (χ4v) is 6.73. The van der Waals surface area contributed by atoms with Gasteiger partial charge in [0.2, 0.25) is 5.91 Å². The minimum absolute atomic E-state index is 0.322. The van der Waals surface area contributed by atoms with Gasteiger partial charge in [-0.3, -0.25) is 4.79 Å². The Hall–Kier alpha value is -3.00. The number of unbranched alkanes of at least 4 members (excludes halogenated alkanes) is 1. The predicted molar refractivity (Wildman–Crippen MR) is 166 cm³/mol. The molecule has 3 atom stereocenters. The van der Waals surface area contributed by atoms with Crippen LogP contribution < -0.4 is 5.32 Å². The molecule has 0 saturated carbocycles. The molecule has 0 bridgehead atoms. The van der Waals surface area contributed by atoms with E-state index in [1.54, 1.807) is 37.4 Å². The molecule has 0 aliphatic carbocycles. The van der Waals surface area contributed by atoms with E-state index < -0.39 is 39.9 Å². The number of likely N-dealkylation sites (tertiary alicyclic amines) is 1. The molecule has 1 saturated heterocycles. The number of thioether (sulfide) groups is 1. The summed E-state index contributed by atoms with van der Waals surface area (Å²) in [6, 6.07) is 16.9. The molecule has 2 aromatic carbocycles. The number of ether oxygens (including phenoxy) is 2. The number of alkyl carbamates (subject to hydrolysis) is 1. The summed E-state index contributed by atoms with van der Waals surface area (Å²) in [6.45, 7) is 13.5. The van der Waals surface area contributed by atoms with Crippen LogP contribution in [-0.4, -0.2) is 60.0 Å². The van der Waals surface area contributed by atoms with E-state index in [1.807, 2.05) is 39.0 Å². The van der Waals surface area contributed by atoms with E-state index in [0.29, 0.717) is 13.0 Å². The Kier molecular flexibility index (Phi) is 10.6. The molecule has 224 valence electrons. The van der Waals surface area contributed by atoms with E-state index in [0.717, 1.165) is 35.3 Å². The molecule has 2 amide bonds. The molecule has 7 nitrogen and oxygen atoms in total. The van der Waals surface area contributed by atoms with Gasteiger partial charge in [-0.2, -0.15) is 0 Å². The van der Waals surface area contributed by atoms with Crippen LogP contribution in [0.2, 0.25) is 0 Å². The average molecular weight is 583 g/mol. The van der Waals surface area contributed by atoms with E-state index in [1.165, 1.54) is 7.11 Å². The second kappa shape index (κ2) is 13.3. The van der Waals surface area contributed by atoms with Crippen molar-refractivity contribution < 1.29 is 23.9 Å². The lowest BCUT2D eigenvalue weighted by Gasteiger charge is -2.36. The van der Waals surface area contributed by atoms with Gasteiger partial charge in [0.15, 0.2) is 0 Å². The van der Waals surface area contributed by atoms with Gasteiger partial charge in [-0.1, -0.05) is 88.7 Å². The van der Waals surface area contributed by atoms with E-state index in [9.17, 15) is 14.4 Å². The lowest BCUT2D eigenvalue weighted by molar-refractivity contribution is -0.152. The molecule has 0 spiro atoms. The predicted octanol–water partition coefficient (Wildman–Crippen LogP) is 6.80. The van der Waals surface area contributed by atoms with Gasteiger partial charge in [0, 0.05) is 6.54 Å². The summed E-state index contributed by atoms with van der Waals surface area (Å²) in [7, 11) is 1.35. The van der Waals surface area contributed by atoms with Crippen molar-refractivity contribution in [3.05, 3.63) is 60.2 Å². The van der Waals surface area contributed by atoms with Crippen LogP contribution >= 0.6 is 11.8 Å². The van der Waals surface area contributed by atoms with Gasteiger partial charge >= 0.3 is 12.1 Å². The maximum atomic E-state index is 14.3. The SMILES string of the molecule is CCCCS[C@@]1(c2ccc(-c3ccccc3)cc2)C[C@@H](C(=O)OC)N(C(=O)[C@@H](NC(=O)OC(C)(C)C)C(C)(C)C)C1.